The molecule has 1 saturated heterocycles. The van der Waals surface area contributed by atoms with Crippen molar-refractivity contribution in [3.8, 4) is 0 Å². The quantitative estimate of drug-likeness (QED) is 0.173. The van der Waals surface area contributed by atoms with Crippen LogP contribution in [0.3, 0.4) is 0 Å². The molecule has 1 rings (SSSR count). The summed E-state index contributed by atoms with van der Waals surface area (Å²) in [5, 5.41) is 0. The van der Waals surface area contributed by atoms with Crippen molar-refractivity contribution >= 4 is 41.9 Å². The Morgan fingerprint density at radius 3 is 1.85 bits per heavy atom. The van der Waals surface area contributed by atoms with E-state index in [9.17, 15) is 0 Å². The summed E-state index contributed by atoms with van der Waals surface area (Å²) in [6.45, 7) is 11.7. The van der Waals surface area contributed by atoms with Crippen LogP contribution < -0.4 is 0 Å². The Hall–Kier alpha value is 1.04. The molecule has 0 aromatic heterocycles. The molecule has 0 amide bonds. The van der Waals surface area contributed by atoms with Crippen LogP contribution >= 0.6 is 23.5 Å². The van der Waals surface area contributed by atoms with Gasteiger partial charge in [0.1, 0.15) is 0 Å². The summed E-state index contributed by atoms with van der Waals surface area (Å²) in [5.41, 5.74) is 0. The molecule has 4 heteroatoms. The van der Waals surface area contributed by atoms with E-state index in [0.717, 1.165) is 6.42 Å². The fraction of sp³-hybridized carbons (Fsp3) is 0.909. The van der Waals surface area contributed by atoms with Gasteiger partial charge in [-0.2, -0.15) is 0 Å². The van der Waals surface area contributed by atoms with Gasteiger partial charge >= 0.3 is 178 Å². The number of hydrogen-bond acceptors (Lipinski definition) is 3. The van der Waals surface area contributed by atoms with E-state index in [0.29, 0.717) is 6.10 Å². The van der Waals surface area contributed by atoms with Crippen LogP contribution in [0.4, 0.5) is 0 Å². The van der Waals surface area contributed by atoms with Crippen molar-refractivity contribution in [1.29, 1.82) is 0 Å². The zero-order valence-electron chi connectivity index (χ0n) is 18.1. The van der Waals surface area contributed by atoms with Crippen molar-refractivity contribution in [1.82, 2.24) is 0 Å². The Bertz CT molecular complexity index is 359. The van der Waals surface area contributed by atoms with Gasteiger partial charge in [-0.1, -0.05) is 0 Å². The third kappa shape index (κ3) is 8.59. The van der Waals surface area contributed by atoms with E-state index in [1.807, 2.05) is 0 Å². The molecular weight excluding hydrogens is 463 g/mol. The van der Waals surface area contributed by atoms with E-state index >= 15 is 0 Å². The topological polar surface area (TPSA) is 9.23 Å². The van der Waals surface area contributed by atoms with Crippen LogP contribution in [0.15, 0.2) is 10.4 Å². The zero-order valence-corrected chi connectivity index (χ0v) is 22.6. The monoisotopic (exact) mass is 508 g/mol. The molecule has 0 spiro atoms. The molecule has 0 saturated carbocycles. The molecule has 154 valence electrons. The molecule has 1 fully saturated rings. The maximum absolute atomic E-state index is 6.46. The Labute approximate surface area is 177 Å². The van der Waals surface area contributed by atoms with E-state index in [4.69, 9.17) is 4.74 Å². The van der Waals surface area contributed by atoms with Crippen LogP contribution in [0.2, 0.25) is 13.3 Å². The molecule has 0 N–H and O–H groups in total. The first-order valence-electron chi connectivity index (χ1n) is 11.2. The Kier molecular flexibility index (Phi) is 13.6. The number of rotatable bonds is 14. The molecule has 1 atom stereocenters. The Balaban J connectivity index is 2.80. The molecular formula is C22H44OS2Sn. The molecule has 26 heavy (non-hydrogen) atoms. The van der Waals surface area contributed by atoms with Gasteiger partial charge in [0.2, 0.25) is 0 Å². The van der Waals surface area contributed by atoms with Gasteiger partial charge in [0.25, 0.3) is 0 Å². The first kappa shape index (κ1) is 25.1. The predicted molar refractivity (Wildman–Crippen MR) is 127 cm³/mol. The molecule has 1 aliphatic heterocycles. The fourth-order valence-electron chi connectivity index (χ4n) is 3.92. The van der Waals surface area contributed by atoms with Gasteiger partial charge in [-0.3, -0.25) is 0 Å². The van der Waals surface area contributed by atoms with E-state index in [-0.39, 0.29) is 4.08 Å². The first-order valence-corrected chi connectivity index (χ1v) is 20.8. The zero-order chi connectivity index (χ0) is 19.3. The standard InChI is InChI=1S/C10H17OS2.3C4H9.Sn/c1-4-9(11-5-2)10(3)12-7-6-8-13-10;3*1-3-4-2;/h2,5,9H,4,6-8H2,1,3H3;3*1,3-4H2,2H3;. The molecule has 0 aromatic rings. The van der Waals surface area contributed by atoms with Crippen molar-refractivity contribution in [2.24, 2.45) is 0 Å². The molecule has 1 aliphatic rings. The molecule has 0 radical (unpaired) electrons. The second-order valence-electron chi connectivity index (χ2n) is 8.08. The SMILES string of the molecule is CCC[CH2][Sn](/[CH]=C/OC(CC)C1(C)SCCCS1)([CH2]CCC)[CH2]CCC. The predicted octanol–water partition coefficient (Wildman–Crippen LogP) is 8.27. The van der Waals surface area contributed by atoms with E-state index in [1.165, 1.54) is 69.8 Å². The van der Waals surface area contributed by atoms with Gasteiger partial charge in [0.15, 0.2) is 0 Å². The van der Waals surface area contributed by atoms with Gasteiger partial charge in [0, 0.05) is 0 Å². The molecule has 1 nitrogen and oxygen atoms in total. The molecule has 0 bridgehead atoms. The van der Waals surface area contributed by atoms with E-state index < -0.39 is 18.4 Å². The van der Waals surface area contributed by atoms with Crippen molar-refractivity contribution in [3.63, 3.8) is 0 Å². The van der Waals surface area contributed by atoms with E-state index in [1.54, 1.807) is 0 Å². The first-order chi connectivity index (χ1) is 12.6. The second kappa shape index (κ2) is 14.1. The normalized spacial score (nSPS) is 19.0. The van der Waals surface area contributed by atoms with Gasteiger partial charge in [-0.25, -0.2) is 0 Å². The van der Waals surface area contributed by atoms with Crippen molar-refractivity contribution in [2.45, 2.75) is 109 Å². The van der Waals surface area contributed by atoms with Crippen LogP contribution in [0.25, 0.3) is 0 Å². The minimum absolute atomic E-state index is 0.242. The molecule has 1 heterocycles. The minimum atomic E-state index is -2.19. The number of ether oxygens (including phenoxy) is 1. The van der Waals surface area contributed by atoms with Crippen molar-refractivity contribution in [3.05, 3.63) is 10.4 Å². The van der Waals surface area contributed by atoms with Gasteiger partial charge in [0.05, 0.1) is 0 Å². The Morgan fingerprint density at radius 1 is 0.923 bits per heavy atom. The molecule has 0 aliphatic carbocycles. The van der Waals surface area contributed by atoms with Crippen LogP contribution in [-0.2, 0) is 4.74 Å². The fourth-order valence-corrected chi connectivity index (χ4v) is 20.8. The molecule has 0 aromatic carbocycles. The van der Waals surface area contributed by atoms with Gasteiger partial charge < -0.3 is 0 Å². The third-order valence-corrected chi connectivity index (χ3v) is 23.1. The summed E-state index contributed by atoms with van der Waals surface area (Å²) in [6.07, 6.45) is 13.3. The third-order valence-electron chi connectivity index (χ3n) is 5.77. The van der Waals surface area contributed by atoms with Crippen molar-refractivity contribution < 1.29 is 4.74 Å². The van der Waals surface area contributed by atoms with Gasteiger partial charge in [-0.15, -0.1) is 0 Å². The number of hydrogen-bond donors (Lipinski definition) is 0. The average Bonchev–Trinajstić information content (AvgIpc) is 2.66. The summed E-state index contributed by atoms with van der Waals surface area (Å²) in [7, 11) is 0. The summed E-state index contributed by atoms with van der Waals surface area (Å²) in [6, 6.07) is 0. The Morgan fingerprint density at radius 2 is 1.42 bits per heavy atom. The van der Waals surface area contributed by atoms with E-state index in [2.05, 4.69) is 68.5 Å². The second-order valence-corrected chi connectivity index (χ2v) is 24.4. The summed E-state index contributed by atoms with van der Waals surface area (Å²) in [5.74, 6) is 2.58. The van der Waals surface area contributed by atoms with Crippen LogP contribution in [0.1, 0.15) is 86.0 Å². The van der Waals surface area contributed by atoms with Crippen molar-refractivity contribution in [2.75, 3.05) is 11.5 Å². The van der Waals surface area contributed by atoms with Crippen LogP contribution in [-0.4, -0.2) is 40.1 Å². The average molecular weight is 507 g/mol. The van der Waals surface area contributed by atoms with Crippen LogP contribution in [0, 0.1) is 0 Å². The van der Waals surface area contributed by atoms with Gasteiger partial charge in [-0.05, 0) is 0 Å². The molecule has 1 unspecified atom stereocenters. The summed E-state index contributed by atoms with van der Waals surface area (Å²) in [4.78, 5) is 0. The number of thioether (sulfide) groups is 2. The maximum atomic E-state index is 6.46. The number of unbranched alkanes of at least 4 members (excludes halogenated alkanes) is 3. The van der Waals surface area contributed by atoms with Crippen LogP contribution in [0.5, 0.6) is 0 Å². The summed E-state index contributed by atoms with van der Waals surface area (Å²) < 4.78 is 14.0. The summed E-state index contributed by atoms with van der Waals surface area (Å²) >= 11 is 2.04.